The van der Waals surface area contributed by atoms with Gasteiger partial charge in [-0.05, 0) is 52.8 Å². The van der Waals surface area contributed by atoms with Crippen molar-refractivity contribution in [3.63, 3.8) is 0 Å². The molecule has 0 aliphatic rings. The summed E-state index contributed by atoms with van der Waals surface area (Å²) in [6, 6.07) is 11.4. The minimum Gasteiger partial charge on any atom is -0.330 e. The van der Waals surface area contributed by atoms with Crippen LogP contribution in [-0.4, -0.2) is 14.9 Å². The van der Waals surface area contributed by atoms with Crippen LogP contribution in [0.15, 0.2) is 53.1 Å². The fourth-order valence-electron chi connectivity index (χ4n) is 2.30. The van der Waals surface area contributed by atoms with E-state index in [1.165, 1.54) is 11.6 Å². The molecule has 0 fully saturated rings. The number of halogens is 3. The molecule has 0 atom stereocenters. The van der Waals surface area contributed by atoms with Gasteiger partial charge in [-0.1, -0.05) is 29.8 Å². The Balaban J connectivity index is 1.67. The number of hydrogen-bond acceptors (Lipinski definition) is 2. The van der Waals surface area contributed by atoms with Crippen LogP contribution in [0.4, 0.5) is 20.3 Å². The largest absolute Gasteiger partial charge is 0.330 e. The molecule has 0 radical (unpaired) electrons. The first-order chi connectivity index (χ1) is 12.4. The van der Waals surface area contributed by atoms with Crippen molar-refractivity contribution in [1.29, 1.82) is 0 Å². The second-order valence-electron chi connectivity index (χ2n) is 5.71. The van der Waals surface area contributed by atoms with Crippen LogP contribution in [0, 0.1) is 18.6 Å². The van der Waals surface area contributed by atoms with Crippen LogP contribution in [0.3, 0.4) is 0 Å². The topological polar surface area (TPSA) is 41.9 Å². The standard InChI is InChI=1S/C18H15BrF2N4S/c1-11-2-4-12(5-3-11)9-25-10-14(19)17(24-25)23-18(26)22-16-7-6-13(20)8-15(16)21/h2-8,10H,9H2,1H3,(H2,22,23,24,26). The van der Waals surface area contributed by atoms with Gasteiger partial charge in [-0.2, -0.15) is 5.10 Å². The van der Waals surface area contributed by atoms with Gasteiger partial charge in [0, 0.05) is 12.3 Å². The third kappa shape index (κ3) is 4.64. The monoisotopic (exact) mass is 436 g/mol. The van der Waals surface area contributed by atoms with Gasteiger partial charge in [-0.15, -0.1) is 0 Å². The predicted octanol–water partition coefficient (Wildman–Crippen LogP) is 5.09. The number of nitrogens with zero attached hydrogens (tertiary/aromatic N) is 2. The SMILES string of the molecule is Cc1ccc(Cn2cc(Br)c(NC(=S)Nc3ccc(F)cc3F)n2)cc1. The Morgan fingerprint density at radius 3 is 2.58 bits per heavy atom. The van der Waals surface area contributed by atoms with Gasteiger partial charge in [0.2, 0.25) is 0 Å². The average molecular weight is 437 g/mol. The van der Waals surface area contributed by atoms with Gasteiger partial charge in [0.15, 0.2) is 10.9 Å². The zero-order chi connectivity index (χ0) is 18.7. The zero-order valence-corrected chi connectivity index (χ0v) is 16.2. The number of anilines is 2. The van der Waals surface area contributed by atoms with E-state index in [4.69, 9.17) is 12.2 Å². The molecule has 0 saturated heterocycles. The molecule has 0 spiro atoms. The molecule has 2 N–H and O–H groups in total. The lowest BCUT2D eigenvalue weighted by atomic mass is 10.1. The molecule has 1 aromatic heterocycles. The number of benzene rings is 2. The molecule has 134 valence electrons. The van der Waals surface area contributed by atoms with Crippen LogP contribution in [-0.2, 0) is 6.54 Å². The number of rotatable bonds is 4. The van der Waals surface area contributed by atoms with Crippen LogP contribution in [0.5, 0.6) is 0 Å². The summed E-state index contributed by atoms with van der Waals surface area (Å²) < 4.78 is 29.1. The fraction of sp³-hybridized carbons (Fsp3) is 0.111. The maximum Gasteiger partial charge on any atom is 0.176 e. The van der Waals surface area contributed by atoms with Crippen LogP contribution in [0.1, 0.15) is 11.1 Å². The van der Waals surface area contributed by atoms with Crippen molar-refractivity contribution in [2.75, 3.05) is 10.6 Å². The average Bonchev–Trinajstić information content (AvgIpc) is 2.91. The van der Waals surface area contributed by atoms with Gasteiger partial charge in [-0.3, -0.25) is 4.68 Å². The van der Waals surface area contributed by atoms with E-state index in [-0.39, 0.29) is 10.8 Å². The third-order valence-corrected chi connectivity index (χ3v) is 4.38. The first-order valence-corrected chi connectivity index (χ1v) is 8.92. The number of nitrogens with one attached hydrogen (secondary N) is 2. The lowest BCUT2D eigenvalue weighted by Gasteiger charge is -2.10. The van der Waals surface area contributed by atoms with Gasteiger partial charge in [0.05, 0.1) is 16.7 Å². The van der Waals surface area contributed by atoms with Crippen molar-refractivity contribution in [3.05, 3.63) is 75.9 Å². The molecule has 0 aliphatic carbocycles. The summed E-state index contributed by atoms with van der Waals surface area (Å²) in [7, 11) is 0. The third-order valence-electron chi connectivity index (χ3n) is 3.59. The fourth-order valence-corrected chi connectivity index (χ4v) is 2.92. The van der Waals surface area contributed by atoms with Crippen molar-refractivity contribution in [2.45, 2.75) is 13.5 Å². The minimum atomic E-state index is -0.724. The van der Waals surface area contributed by atoms with Gasteiger partial charge in [-0.25, -0.2) is 8.78 Å². The molecule has 8 heteroatoms. The molecule has 26 heavy (non-hydrogen) atoms. The quantitative estimate of drug-likeness (QED) is 0.558. The highest BCUT2D eigenvalue weighted by Crippen LogP contribution is 2.22. The summed E-state index contributed by atoms with van der Waals surface area (Å²) in [5.41, 5.74) is 2.40. The molecule has 0 aliphatic heterocycles. The Bertz CT molecular complexity index is 941. The van der Waals surface area contributed by atoms with E-state index in [0.29, 0.717) is 16.8 Å². The van der Waals surface area contributed by atoms with Crippen LogP contribution in [0.25, 0.3) is 0 Å². The van der Waals surface area contributed by atoms with Crippen molar-refractivity contribution >= 4 is 44.8 Å². The summed E-state index contributed by atoms with van der Waals surface area (Å²) in [5, 5.41) is 10.2. The lowest BCUT2D eigenvalue weighted by molar-refractivity contribution is 0.586. The molecule has 0 unspecified atom stereocenters. The summed E-state index contributed by atoms with van der Waals surface area (Å²) in [4.78, 5) is 0. The van der Waals surface area contributed by atoms with Gasteiger partial charge in [0.1, 0.15) is 11.6 Å². The molecule has 2 aromatic carbocycles. The normalized spacial score (nSPS) is 10.6. The smallest absolute Gasteiger partial charge is 0.176 e. The number of thiocarbonyl (C=S) groups is 1. The first-order valence-electron chi connectivity index (χ1n) is 7.72. The number of hydrogen-bond donors (Lipinski definition) is 2. The van der Waals surface area contributed by atoms with E-state index in [2.05, 4.69) is 31.7 Å². The minimum absolute atomic E-state index is 0.0825. The molecule has 0 saturated carbocycles. The van der Waals surface area contributed by atoms with E-state index in [1.54, 1.807) is 4.68 Å². The summed E-state index contributed by atoms with van der Waals surface area (Å²) in [6.45, 7) is 2.64. The van der Waals surface area contributed by atoms with Crippen molar-refractivity contribution in [1.82, 2.24) is 9.78 Å². The van der Waals surface area contributed by atoms with Crippen LogP contribution >= 0.6 is 28.1 Å². The maximum absolute atomic E-state index is 13.7. The van der Waals surface area contributed by atoms with Gasteiger partial charge >= 0.3 is 0 Å². The highest BCUT2D eigenvalue weighted by atomic mass is 79.9. The second-order valence-corrected chi connectivity index (χ2v) is 6.97. The predicted molar refractivity (Wildman–Crippen MR) is 106 cm³/mol. The van der Waals surface area contributed by atoms with Gasteiger partial charge in [0.25, 0.3) is 0 Å². The molecule has 0 amide bonds. The lowest BCUT2D eigenvalue weighted by Crippen LogP contribution is -2.20. The van der Waals surface area contributed by atoms with Crippen LogP contribution < -0.4 is 10.6 Å². The second kappa shape index (κ2) is 7.92. The Labute approximate surface area is 163 Å². The Hall–Kier alpha value is -2.32. The van der Waals surface area contributed by atoms with E-state index in [9.17, 15) is 8.78 Å². The molecular formula is C18H15BrF2N4S. The highest BCUT2D eigenvalue weighted by Gasteiger charge is 2.11. The molecule has 0 bridgehead atoms. The molecule has 1 heterocycles. The van der Waals surface area contributed by atoms with Crippen molar-refractivity contribution in [2.24, 2.45) is 0 Å². The van der Waals surface area contributed by atoms with E-state index < -0.39 is 11.6 Å². The van der Waals surface area contributed by atoms with Crippen molar-refractivity contribution < 1.29 is 8.78 Å². The molecule has 3 aromatic rings. The molecular weight excluding hydrogens is 422 g/mol. The Kier molecular flexibility index (Phi) is 5.63. The Morgan fingerprint density at radius 1 is 1.15 bits per heavy atom. The molecule has 3 rings (SSSR count). The van der Waals surface area contributed by atoms with E-state index in [1.807, 2.05) is 37.4 Å². The first kappa shape index (κ1) is 18.5. The summed E-state index contributed by atoms with van der Waals surface area (Å²) in [5.74, 6) is -0.875. The summed E-state index contributed by atoms with van der Waals surface area (Å²) >= 11 is 8.59. The van der Waals surface area contributed by atoms with Crippen LogP contribution in [0.2, 0.25) is 0 Å². The van der Waals surface area contributed by atoms with Gasteiger partial charge < -0.3 is 10.6 Å². The highest BCUT2D eigenvalue weighted by molar-refractivity contribution is 9.10. The van der Waals surface area contributed by atoms with E-state index >= 15 is 0 Å². The zero-order valence-electron chi connectivity index (χ0n) is 13.8. The molecule has 4 nitrogen and oxygen atoms in total. The Morgan fingerprint density at radius 2 is 1.88 bits per heavy atom. The van der Waals surface area contributed by atoms with Crippen molar-refractivity contribution in [3.8, 4) is 0 Å². The summed E-state index contributed by atoms with van der Waals surface area (Å²) in [6.07, 6.45) is 1.82. The maximum atomic E-state index is 13.7. The number of aromatic nitrogens is 2. The number of aryl methyl sites for hydroxylation is 1. The van der Waals surface area contributed by atoms with E-state index in [0.717, 1.165) is 17.7 Å².